The van der Waals surface area contributed by atoms with E-state index in [0.717, 1.165) is 23.7 Å². The molecule has 0 aliphatic heterocycles. The fourth-order valence-corrected chi connectivity index (χ4v) is 14.3. The van der Waals surface area contributed by atoms with Gasteiger partial charge in [0, 0.05) is 22.4 Å². The van der Waals surface area contributed by atoms with Crippen molar-refractivity contribution in [2.75, 3.05) is 4.90 Å². The van der Waals surface area contributed by atoms with Crippen molar-refractivity contribution in [3.05, 3.63) is 198 Å². The molecule has 0 amide bonds. The van der Waals surface area contributed by atoms with Gasteiger partial charge in [-0.2, -0.15) is 0 Å². The van der Waals surface area contributed by atoms with Crippen molar-refractivity contribution in [3.63, 3.8) is 0 Å². The smallest absolute Gasteiger partial charge is 0.0540 e. The van der Waals surface area contributed by atoms with Crippen LogP contribution in [0, 0.1) is 29.1 Å². The first-order chi connectivity index (χ1) is 31.0. The fourth-order valence-electron chi connectivity index (χ4n) is 14.3. The summed E-state index contributed by atoms with van der Waals surface area (Å²) in [6.45, 7) is 14.0. The second kappa shape index (κ2) is 13.2. The summed E-state index contributed by atoms with van der Waals surface area (Å²) in [7, 11) is 0. The molecule has 0 aromatic heterocycles. The van der Waals surface area contributed by atoms with E-state index in [9.17, 15) is 0 Å². The summed E-state index contributed by atoms with van der Waals surface area (Å²) < 4.78 is 0. The Morgan fingerprint density at radius 3 is 1.66 bits per heavy atom. The van der Waals surface area contributed by atoms with Crippen LogP contribution in [0.25, 0.3) is 55.3 Å². The summed E-state index contributed by atoms with van der Waals surface area (Å²) in [5.74, 6) is 3.49. The molecule has 314 valence electrons. The topological polar surface area (TPSA) is 3.24 Å². The lowest BCUT2D eigenvalue weighted by Crippen LogP contribution is -2.88. The number of hydrogen-bond donors (Lipinski definition) is 0. The lowest BCUT2D eigenvalue weighted by Gasteiger charge is -2.92. The number of anilines is 3. The van der Waals surface area contributed by atoms with E-state index in [1.165, 1.54) is 103 Å². The van der Waals surface area contributed by atoms with Crippen molar-refractivity contribution in [3.8, 4) is 44.5 Å². The molecule has 0 radical (unpaired) electrons. The zero-order valence-corrected chi connectivity index (χ0v) is 38.1. The van der Waals surface area contributed by atoms with E-state index in [0.29, 0.717) is 5.41 Å². The fraction of sp³-hybridized carbons (Fsp3) is 0.270. The molecular formula is C63H57N. The van der Waals surface area contributed by atoms with E-state index in [4.69, 9.17) is 0 Å². The van der Waals surface area contributed by atoms with Crippen molar-refractivity contribution in [2.45, 2.75) is 77.0 Å². The van der Waals surface area contributed by atoms with Crippen LogP contribution in [0.15, 0.2) is 176 Å². The number of fused-ring (bicyclic) bond motifs is 8. The normalized spacial score (nSPS) is 24.3. The van der Waals surface area contributed by atoms with Crippen LogP contribution in [0.3, 0.4) is 0 Å². The predicted octanol–water partition coefficient (Wildman–Crippen LogP) is 16.8. The van der Waals surface area contributed by atoms with Gasteiger partial charge in [-0.3, -0.25) is 0 Å². The number of hydrogen-bond acceptors (Lipinski definition) is 1. The zero-order chi connectivity index (χ0) is 43.3. The van der Waals surface area contributed by atoms with Crippen molar-refractivity contribution >= 4 is 27.8 Å². The van der Waals surface area contributed by atoms with E-state index in [2.05, 4.69) is 222 Å². The van der Waals surface area contributed by atoms with E-state index < -0.39 is 0 Å². The van der Waals surface area contributed by atoms with Crippen LogP contribution < -0.4 is 4.90 Å². The maximum atomic E-state index is 2.64. The van der Waals surface area contributed by atoms with E-state index >= 15 is 0 Å². The number of para-hydroxylation sites is 1. The van der Waals surface area contributed by atoms with Gasteiger partial charge in [0.15, 0.2) is 0 Å². The Labute approximate surface area is 379 Å². The third-order valence-corrected chi connectivity index (χ3v) is 17.2. The molecule has 13 rings (SSSR count). The lowest BCUT2D eigenvalue weighted by molar-refractivity contribution is -0.412. The maximum Gasteiger partial charge on any atom is 0.0540 e. The molecule has 2 spiro atoms. The first kappa shape index (κ1) is 38.3. The quantitative estimate of drug-likeness (QED) is 0.161. The van der Waals surface area contributed by atoms with Gasteiger partial charge < -0.3 is 4.90 Å². The minimum absolute atomic E-state index is 0.0149. The predicted molar refractivity (Wildman–Crippen MR) is 269 cm³/mol. The number of nitrogens with zero attached hydrogens (tertiary/aromatic N) is 1. The molecule has 4 fully saturated rings. The number of benzene rings is 8. The highest BCUT2D eigenvalue weighted by Gasteiger charge is 2.90. The summed E-state index contributed by atoms with van der Waals surface area (Å²) >= 11 is 0. The first-order valence-corrected chi connectivity index (χ1v) is 23.9. The van der Waals surface area contributed by atoms with Gasteiger partial charge in [0.1, 0.15) is 0 Å². The first-order valence-electron chi connectivity index (χ1n) is 23.9. The maximum absolute atomic E-state index is 2.64. The second-order valence-corrected chi connectivity index (χ2v) is 22.1. The number of rotatable bonds is 6. The molecule has 4 unspecified atom stereocenters. The molecule has 0 heterocycles. The highest BCUT2D eigenvalue weighted by atomic mass is 15.1. The highest BCUT2D eigenvalue weighted by molar-refractivity contribution is 6.09. The lowest BCUT2D eigenvalue weighted by atomic mass is 9.11. The molecule has 8 aromatic rings. The summed E-state index contributed by atoms with van der Waals surface area (Å²) in [5.41, 5.74) is 20.8. The summed E-state index contributed by atoms with van der Waals surface area (Å²) in [5, 5.41) is 2.55. The molecule has 4 atom stereocenters. The Morgan fingerprint density at radius 2 is 0.984 bits per heavy atom. The van der Waals surface area contributed by atoms with Crippen LogP contribution in [0.1, 0.15) is 83.1 Å². The van der Waals surface area contributed by atoms with Gasteiger partial charge in [0.2, 0.25) is 0 Å². The Bertz CT molecular complexity index is 3130. The molecule has 0 saturated heterocycles. The molecule has 1 heteroatoms. The molecule has 5 aliphatic carbocycles. The molecule has 0 bridgehead atoms. The standard InChI is InChI=1S/C63H57N/c1-60(2,3)43-32-42(33-44(34-43)61(4,5)6)49-22-14-18-41-19-15-23-53(59(41)49)52-21-11-13-25-56(52)64(47-28-26-40(27-29-47)39-16-8-7-9-17-39)48-30-31-51-50-20-10-12-24-54(50)63(55(51)38-48)57-36-45-35-46-37-58(63)62(45,46)57/h7-34,38,45-46,57-58H,35-37H2,1-6H3. The summed E-state index contributed by atoms with van der Waals surface area (Å²) in [4.78, 5) is 2.57. The Kier molecular flexibility index (Phi) is 7.90. The van der Waals surface area contributed by atoms with Gasteiger partial charge in [0.05, 0.1) is 5.69 Å². The highest BCUT2D eigenvalue weighted by Crippen LogP contribution is 2.94. The monoisotopic (exact) mass is 827 g/mol. The van der Waals surface area contributed by atoms with Gasteiger partial charge in [0.25, 0.3) is 0 Å². The molecule has 8 aromatic carbocycles. The zero-order valence-electron chi connectivity index (χ0n) is 38.1. The Morgan fingerprint density at radius 1 is 0.422 bits per heavy atom. The second-order valence-electron chi connectivity index (χ2n) is 22.1. The van der Waals surface area contributed by atoms with Crippen molar-refractivity contribution in [1.82, 2.24) is 0 Å². The van der Waals surface area contributed by atoms with Gasteiger partial charge in [-0.1, -0.05) is 187 Å². The third-order valence-electron chi connectivity index (χ3n) is 17.2. The average molecular weight is 828 g/mol. The largest absolute Gasteiger partial charge is 0.310 e. The van der Waals surface area contributed by atoms with E-state index in [1.807, 2.05) is 0 Å². The van der Waals surface area contributed by atoms with Crippen LogP contribution in [0.2, 0.25) is 0 Å². The minimum Gasteiger partial charge on any atom is -0.310 e. The van der Waals surface area contributed by atoms with Crippen LogP contribution in [-0.4, -0.2) is 0 Å². The Hall–Kier alpha value is -6.18. The molecule has 64 heavy (non-hydrogen) atoms. The Balaban J connectivity index is 1.02. The minimum atomic E-state index is 0.0149. The van der Waals surface area contributed by atoms with Crippen molar-refractivity contribution < 1.29 is 0 Å². The van der Waals surface area contributed by atoms with Crippen LogP contribution in [0.4, 0.5) is 17.1 Å². The van der Waals surface area contributed by atoms with Crippen LogP contribution >= 0.6 is 0 Å². The van der Waals surface area contributed by atoms with Crippen molar-refractivity contribution in [2.24, 2.45) is 29.1 Å². The van der Waals surface area contributed by atoms with Crippen LogP contribution in [0.5, 0.6) is 0 Å². The molecule has 0 N–H and O–H groups in total. The molecule has 4 saturated carbocycles. The average Bonchev–Trinajstić information content (AvgIpc) is 3.58. The molecule has 1 nitrogen and oxygen atoms in total. The SMILES string of the molecule is CC(C)(C)c1cc(-c2cccc3cccc(-c4ccccc4N(c4ccc(-c5ccccc5)cc4)c4ccc5c(c4)C4(c6ccccc6-5)C5CC6CC7CC4C675)c23)cc(C(C)(C)C)c1. The van der Waals surface area contributed by atoms with E-state index in [-0.39, 0.29) is 16.2 Å². The van der Waals surface area contributed by atoms with Gasteiger partial charge in [-0.05, 0) is 161 Å². The summed E-state index contributed by atoms with van der Waals surface area (Å²) in [6, 6.07) is 67.5. The van der Waals surface area contributed by atoms with E-state index in [1.54, 1.807) is 11.1 Å². The van der Waals surface area contributed by atoms with Gasteiger partial charge >= 0.3 is 0 Å². The van der Waals surface area contributed by atoms with Crippen LogP contribution in [-0.2, 0) is 16.2 Å². The van der Waals surface area contributed by atoms with Gasteiger partial charge in [-0.25, -0.2) is 0 Å². The van der Waals surface area contributed by atoms with Gasteiger partial charge in [-0.15, -0.1) is 0 Å². The molecular weight excluding hydrogens is 771 g/mol. The van der Waals surface area contributed by atoms with Crippen molar-refractivity contribution in [1.29, 1.82) is 0 Å². The summed E-state index contributed by atoms with van der Waals surface area (Å²) in [6.07, 6.45) is 4.28. The third kappa shape index (κ3) is 5.02. The molecule has 5 aliphatic rings.